The molecule has 3 amide bonds. The molecule has 0 bridgehead atoms. The number of nitrogens with one attached hydrogen (secondary N) is 3. The van der Waals surface area contributed by atoms with E-state index in [9.17, 15) is 29.1 Å². The molecule has 0 aliphatic rings. The Hall–Kier alpha value is -4.57. The van der Waals surface area contributed by atoms with Gasteiger partial charge in [0, 0.05) is 11.9 Å². The Morgan fingerprint density at radius 1 is 1.07 bits per heavy atom. The van der Waals surface area contributed by atoms with Gasteiger partial charge in [-0.3, -0.25) is 24.2 Å². The number of carboxylic acid groups (broad SMARTS) is 1. The summed E-state index contributed by atoms with van der Waals surface area (Å²) < 4.78 is 5.33. The zero-order chi connectivity index (χ0) is 31.9. The fraction of sp³-hybridized carbons (Fsp3) is 0.444. The number of carbonyl (C=O) groups is 5. The molecule has 2 rings (SSSR count). The van der Waals surface area contributed by atoms with Crippen molar-refractivity contribution in [2.24, 2.45) is 28.1 Å². The minimum Gasteiger partial charge on any atom is -0.481 e. The topological polar surface area (TPSA) is 254 Å². The van der Waals surface area contributed by atoms with E-state index in [1.54, 1.807) is 38.1 Å². The van der Waals surface area contributed by atoms with Gasteiger partial charge in [-0.15, -0.1) is 11.3 Å². The lowest BCUT2D eigenvalue weighted by Gasteiger charge is -2.24. The van der Waals surface area contributed by atoms with Gasteiger partial charge < -0.3 is 43.0 Å². The monoisotopic (exact) mass is 618 g/mol. The van der Waals surface area contributed by atoms with Crippen molar-refractivity contribution in [2.45, 2.75) is 64.3 Å². The van der Waals surface area contributed by atoms with Crippen LogP contribution in [0.1, 0.15) is 44.4 Å². The Morgan fingerprint density at radius 2 is 1.77 bits per heavy atom. The minimum absolute atomic E-state index is 0.00446. The number of nitrogens with zero attached hydrogens (tertiary/aromatic N) is 2. The number of hydrogen-bond donors (Lipinski definition) is 7. The zero-order valence-corrected chi connectivity index (χ0v) is 24.8. The number of guanidine groups is 1. The number of thiazole rings is 1. The predicted octanol–water partition coefficient (Wildman–Crippen LogP) is -0.151. The van der Waals surface area contributed by atoms with Crippen LogP contribution in [0.25, 0.3) is 0 Å². The summed E-state index contributed by atoms with van der Waals surface area (Å²) in [6.45, 7) is 3.71. The number of carboxylic acids is 1. The number of aliphatic carboxylic acids is 1. The molecule has 3 atom stereocenters. The second-order valence-electron chi connectivity index (χ2n) is 9.91. The van der Waals surface area contributed by atoms with Gasteiger partial charge in [-0.05, 0) is 24.3 Å². The normalized spacial score (nSPS) is 12.8. The predicted molar refractivity (Wildman–Crippen MR) is 160 cm³/mol. The van der Waals surface area contributed by atoms with E-state index in [0.717, 1.165) is 16.9 Å². The molecule has 0 aliphatic heterocycles. The first kappa shape index (κ1) is 34.6. The summed E-state index contributed by atoms with van der Waals surface area (Å²) >= 11 is 1.06. The van der Waals surface area contributed by atoms with Gasteiger partial charge >= 0.3 is 11.9 Å². The van der Waals surface area contributed by atoms with Crippen LogP contribution in [-0.2, 0) is 41.7 Å². The van der Waals surface area contributed by atoms with E-state index < -0.39 is 54.2 Å². The van der Waals surface area contributed by atoms with Crippen molar-refractivity contribution in [3.63, 3.8) is 0 Å². The summed E-state index contributed by atoms with van der Waals surface area (Å²) in [6, 6.07) is 5.60. The van der Waals surface area contributed by atoms with Gasteiger partial charge in [0.2, 0.25) is 17.7 Å². The molecule has 0 unspecified atom stereocenters. The number of aromatic nitrogens is 1. The van der Waals surface area contributed by atoms with Crippen molar-refractivity contribution in [3.8, 4) is 0 Å². The molecule has 1 aromatic heterocycles. The molecule has 0 aliphatic carbocycles. The lowest BCUT2D eigenvalue weighted by molar-refractivity contribution is -0.150. The van der Waals surface area contributed by atoms with Crippen LogP contribution in [0.5, 0.6) is 0 Å². The summed E-state index contributed by atoms with van der Waals surface area (Å²) in [5.74, 6) is -4.48. The fourth-order valence-electron chi connectivity index (χ4n) is 3.66. The fourth-order valence-corrected chi connectivity index (χ4v) is 4.37. The third-order valence-corrected chi connectivity index (χ3v) is 6.71. The van der Waals surface area contributed by atoms with Crippen LogP contribution in [-0.4, -0.2) is 70.4 Å². The second-order valence-corrected chi connectivity index (χ2v) is 10.8. The quantitative estimate of drug-likeness (QED) is 0.0531. The number of benzene rings is 1. The molecule has 16 heteroatoms. The van der Waals surface area contributed by atoms with Gasteiger partial charge in [0.25, 0.3) is 0 Å². The molecule has 0 radical (unpaired) electrons. The molecular weight excluding hydrogens is 580 g/mol. The van der Waals surface area contributed by atoms with Gasteiger partial charge in [-0.1, -0.05) is 44.2 Å². The first-order chi connectivity index (χ1) is 20.3. The van der Waals surface area contributed by atoms with Gasteiger partial charge in [0.05, 0.1) is 24.6 Å². The zero-order valence-electron chi connectivity index (χ0n) is 23.9. The van der Waals surface area contributed by atoms with Crippen LogP contribution in [0, 0.1) is 5.92 Å². The molecular formula is C27H38N8O7S. The number of amides is 3. The third-order valence-electron chi connectivity index (χ3n) is 5.90. The molecule has 0 fully saturated rings. The summed E-state index contributed by atoms with van der Waals surface area (Å²) in [5.41, 5.74) is 17.4. The number of esters is 1. The molecule has 15 nitrogen and oxygen atoms in total. The average Bonchev–Trinajstić information content (AvgIpc) is 3.38. The van der Waals surface area contributed by atoms with E-state index in [-0.39, 0.29) is 35.7 Å². The standard InChI is InChI=1S/C27H38N8O7S/c1-15(2)22(25(41)42-13-16-7-4-3-5-8-16)34-24(40)19(12-21(37)38)33-20(36)11-17-14-43-27(32-17)35-23(39)18(28)9-6-10-31-26(29)30/h3-5,7-8,14-15,18-19,22H,6,9-13,28H2,1-2H3,(H,33,36)(H,34,40)(H,37,38)(H4,29,30,31)(H,32,35,39)/t18-,19-,22-/m0/s1. The largest absolute Gasteiger partial charge is 0.481 e. The van der Waals surface area contributed by atoms with Crippen LogP contribution in [0.15, 0.2) is 40.7 Å². The van der Waals surface area contributed by atoms with Crippen LogP contribution >= 0.6 is 11.3 Å². The van der Waals surface area contributed by atoms with E-state index in [1.165, 1.54) is 5.38 Å². The number of ether oxygens (including phenoxy) is 1. The van der Waals surface area contributed by atoms with Crippen molar-refractivity contribution >= 4 is 52.1 Å². The van der Waals surface area contributed by atoms with Crippen LogP contribution in [0.3, 0.4) is 0 Å². The highest BCUT2D eigenvalue weighted by atomic mass is 32.1. The highest BCUT2D eigenvalue weighted by Gasteiger charge is 2.31. The molecule has 10 N–H and O–H groups in total. The summed E-state index contributed by atoms with van der Waals surface area (Å²) in [4.78, 5) is 70.2. The number of anilines is 1. The lowest BCUT2D eigenvalue weighted by Crippen LogP contribution is -2.54. The Morgan fingerprint density at radius 3 is 2.40 bits per heavy atom. The number of rotatable bonds is 17. The molecule has 2 aromatic rings. The van der Waals surface area contributed by atoms with E-state index >= 15 is 0 Å². The number of carbonyl (C=O) groups excluding carboxylic acids is 4. The van der Waals surface area contributed by atoms with Crippen molar-refractivity contribution in [1.82, 2.24) is 15.6 Å². The van der Waals surface area contributed by atoms with Crippen LogP contribution in [0.4, 0.5) is 5.13 Å². The van der Waals surface area contributed by atoms with Crippen molar-refractivity contribution < 1.29 is 33.8 Å². The molecule has 0 saturated heterocycles. The maximum atomic E-state index is 13.0. The van der Waals surface area contributed by atoms with Gasteiger partial charge in [-0.25, -0.2) is 9.78 Å². The van der Waals surface area contributed by atoms with Gasteiger partial charge in [0.15, 0.2) is 11.1 Å². The molecule has 1 aromatic carbocycles. The van der Waals surface area contributed by atoms with Gasteiger partial charge in [0.1, 0.15) is 18.7 Å². The molecule has 1 heterocycles. The highest BCUT2D eigenvalue weighted by Crippen LogP contribution is 2.17. The molecule has 0 spiro atoms. The van der Waals surface area contributed by atoms with E-state index in [1.807, 2.05) is 6.07 Å². The number of nitrogens with two attached hydrogens (primary N) is 3. The maximum absolute atomic E-state index is 13.0. The Balaban J connectivity index is 1.94. The Bertz CT molecular complexity index is 1280. The summed E-state index contributed by atoms with van der Waals surface area (Å²) in [6.07, 6.45) is -0.194. The van der Waals surface area contributed by atoms with E-state index in [2.05, 4.69) is 25.9 Å². The Labute approximate surface area is 252 Å². The minimum atomic E-state index is -1.47. The maximum Gasteiger partial charge on any atom is 0.329 e. The van der Waals surface area contributed by atoms with E-state index in [4.69, 9.17) is 21.9 Å². The SMILES string of the molecule is CC(C)[C@H](NC(=O)[C@H](CC(=O)O)NC(=O)Cc1csc(NC(=O)[C@@H](N)CCCN=C(N)N)n1)C(=O)OCc1ccccc1. The van der Waals surface area contributed by atoms with Crippen molar-refractivity contribution in [2.75, 3.05) is 11.9 Å². The first-order valence-corrected chi connectivity index (χ1v) is 14.3. The van der Waals surface area contributed by atoms with Crippen molar-refractivity contribution in [1.29, 1.82) is 0 Å². The number of hydrogen-bond acceptors (Lipinski definition) is 10. The average molecular weight is 619 g/mol. The second kappa shape index (κ2) is 17.4. The van der Waals surface area contributed by atoms with Crippen molar-refractivity contribution in [3.05, 3.63) is 47.0 Å². The first-order valence-electron chi connectivity index (χ1n) is 13.4. The summed E-state index contributed by atoms with van der Waals surface area (Å²) in [5, 5.41) is 18.5. The van der Waals surface area contributed by atoms with Crippen LogP contribution < -0.4 is 33.2 Å². The highest BCUT2D eigenvalue weighted by molar-refractivity contribution is 7.13. The molecule has 43 heavy (non-hydrogen) atoms. The molecule has 0 saturated carbocycles. The third kappa shape index (κ3) is 12.9. The Kier molecular flexibility index (Phi) is 14.0. The molecule has 234 valence electrons. The smallest absolute Gasteiger partial charge is 0.329 e. The van der Waals surface area contributed by atoms with Crippen LogP contribution in [0.2, 0.25) is 0 Å². The van der Waals surface area contributed by atoms with E-state index in [0.29, 0.717) is 19.4 Å². The van der Waals surface area contributed by atoms with Gasteiger partial charge in [-0.2, -0.15) is 0 Å². The summed E-state index contributed by atoms with van der Waals surface area (Å²) in [7, 11) is 0. The lowest BCUT2D eigenvalue weighted by atomic mass is 10.0. The number of aliphatic imine (C=N–C) groups is 1.